The molecule has 0 spiro atoms. The van der Waals surface area contributed by atoms with E-state index >= 15 is 0 Å². The Balaban J connectivity index is 1.66. The molecule has 1 aromatic heterocycles. The van der Waals surface area contributed by atoms with Gasteiger partial charge in [0.05, 0.1) is 6.04 Å². The molecule has 3 atom stereocenters. The number of fused-ring (bicyclic) bond motifs is 5. The maximum Gasteiger partial charge on any atom is 0.246 e. The highest BCUT2D eigenvalue weighted by molar-refractivity contribution is 5.99. The number of carbonyl (C=O) groups is 2. The number of amides is 2. The molecule has 2 amide bonds. The molecule has 0 radical (unpaired) electrons. The quantitative estimate of drug-likeness (QED) is 0.887. The number of carbonyl (C=O) groups excluding carboxylic acids is 2. The Kier molecular flexibility index (Phi) is 3.81. The highest BCUT2D eigenvalue weighted by Crippen LogP contribution is 2.43. The molecule has 0 bridgehead atoms. The lowest BCUT2D eigenvalue weighted by atomic mass is 9.83. The van der Waals surface area contributed by atoms with Crippen molar-refractivity contribution in [2.75, 3.05) is 6.54 Å². The van der Waals surface area contributed by atoms with Crippen LogP contribution in [0.25, 0.3) is 10.9 Å². The summed E-state index contributed by atoms with van der Waals surface area (Å²) in [7, 11) is 0. The van der Waals surface area contributed by atoms with Gasteiger partial charge in [0.1, 0.15) is 12.1 Å². The van der Waals surface area contributed by atoms with E-state index in [1.54, 1.807) is 0 Å². The number of aromatic nitrogens is 1. The average molecular weight is 365 g/mol. The van der Waals surface area contributed by atoms with Gasteiger partial charge in [-0.05, 0) is 43.2 Å². The Morgan fingerprint density at radius 3 is 2.74 bits per heavy atom. The van der Waals surface area contributed by atoms with Crippen LogP contribution >= 0.6 is 0 Å². The van der Waals surface area contributed by atoms with Crippen LogP contribution < -0.4 is 0 Å². The third-order valence-electron chi connectivity index (χ3n) is 6.55. The summed E-state index contributed by atoms with van der Waals surface area (Å²) < 4.78 is 0. The van der Waals surface area contributed by atoms with E-state index in [2.05, 4.69) is 37.0 Å². The van der Waals surface area contributed by atoms with Crippen molar-refractivity contribution in [2.45, 2.75) is 64.1 Å². The predicted octanol–water partition coefficient (Wildman–Crippen LogP) is 3.40. The lowest BCUT2D eigenvalue weighted by Gasteiger charge is -2.51. The van der Waals surface area contributed by atoms with Crippen LogP contribution in [0.4, 0.5) is 0 Å². The predicted molar refractivity (Wildman–Crippen MR) is 104 cm³/mol. The van der Waals surface area contributed by atoms with Crippen molar-refractivity contribution in [2.24, 2.45) is 5.92 Å². The van der Waals surface area contributed by atoms with E-state index in [1.165, 1.54) is 10.9 Å². The number of hydrogen-bond donors (Lipinski definition) is 1. The maximum atomic E-state index is 13.5. The van der Waals surface area contributed by atoms with E-state index in [0.29, 0.717) is 12.3 Å². The molecule has 0 saturated carbocycles. The van der Waals surface area contributed by atoms with Crippen LogP contribution in [-0.4, -0.2) is 45.2 Å². The summed E-state index contributed by atoms with van der Waals surface area (Å²) in [4.78, 5) is 34.3. The van der Waals surface area contributed by atoms with Crippen LogP contribution in [0.2, 0.25) is 0 Å². The highest BCUT2D eigenvalue weighted by atomic mass is 16.2. The zero-order chi connectivity index (χ0) is 18.7. The van der Waals surface area contributed by atoms with Crippen LogP contribution in [0.1, 0.15) is 56.8 Å². The lowest BCUT2D eigenvalue weighted by molar-refractivity contribution is -0.168. The molecule has 3 aliphatic rings. The molecular formula is C22H27N3O2. The molecule has 0 unspecified atom stereocenters. The van der Waals surface area contributed by atoms with Crippen molar-refractivity contribution < 1.29 is 9.59 Å². The number of hydrogen-bond acceptors (Lipinski definition) is 2. The van der Waals surface area contributed by atoms with Gasteiger partial charge < -0.3 is 14.8 Å². The third-order valence-corrected chi connectivity index (χ3v) is 6.55. The number of aromatic amines is 1. The molecule has 2 saturated heterocycles. The second kappa shape index (κ2) is 6.11. The molecule has 1 N–H and O–H groups in total. The fraction of sp³-hybridized carbons (Fsp3) is 0.545. The van der Waals surface area contributed by atoms with Crippen LogP contribution in [0.5, 0.6) is 0 Å². The number of benzene rings is 1. The third kappa shape index (κ3) is 2.43. The summed E-state index contributed by atoms with van der Waals surface area (Å²) >= 11 is 0. The summed E-state index contributed by atoms with van der Waals surface area (Å²) in [6.45, 7) is 5.11. The Morgan fingerprint density at radius 1 is 1.11 bits per heavy atom. The number of piperazine rings is 1. The van der Waals surface area contributed by atoms with Gasteiger partial charge in [0.2, 0.25) is 11.8 Å². The molecule has 3 aliphatic heterocycles. The monoisotopic (exact) mass is 365 g/mol. The molecule has 142 valence electrons. The first-order valence-corrected chi connectivity index (χ1v) is 10.3. The van der Waals surface area contributed by atoms with E-state index in [-0.39, 0.29) is 29.9 Å². The van der Waals surface area contributed by atoms with E-state index in [1.807, 2.05) is 15.9 Å². The number of para-hydroxylation sites is 1. The van der Waals surface area contributed by atoms with Crippen LogP contribution in [0.3, 0.4) is 0 Å². The van der Waals surface area contributed by atoms with Crippen LogP contribution in [0, 0.1) is 5.92 Å². The molecule has 0 aliphatic carbocycles. The van der Waals surface area contributed by atoms with Gasteiger partial charge in [-0.25, -0.2) is 0 Å². The molecule has 1 aromatic carbocycles. The normalized spacial score (nSPS) is 27.7. The first kappa shape index (κ1) is 16.8. The van der Waals surface area contributed by atoms with Crippen molar-refractivity contribution >= 4 is 22.7 Å². The number of nitrogens with one attached hydrogen (secondary N) is 1. The van der Waals surface area contributed by atoms with Gasteiger partial charge in [0.15, 0.2) is 0 Å². The second-order valence-electron chi connectivity index (χ2n) is 8.72. The molecule has 5 nitrogen and oxygen atoms in total. The molecule has 2 fully saturated rings. The Labute approximate surface area is 159 Å². The van der Waals surface area contributed by atoms with E-state index < -0.39 is 0 Å². The second-order valence-corrected chi connectivity index (χ2v) is 8.72. The molecule has 4 heterocycles. The van der Waals surface area contributed by atoms with Gasteiger partial charge in [0.25, 0.3) is 0 Å². The van der Waals surface area contributed by atoms with Crippen LogP contribution in [0.15, 0.2) is 24.3 Å². The van der Waals surface area contributed by atoms with Gasteiger partial charge in [-0.1, -0.05) is 32.0 Å². The molecule has 5 heteroatoms. The average Bonchev–Trinajstić information content (AvgIpc) is 3.04. The summed E-state index contributed by atoms with van der Waals surface area (Å²) in [6.07, 6.45) is 4.35. The fourth-order valence-electron chi connectivity index (χ4n) is 5.38. The van der Waals surface area contributed by atoms with Gasteiger partial charge in [-0.3, -0.25) is 9.59 Å². The summed E-state index contributed by atoms with van der Waals surface area (Å²) in [5.41, 5.74) is 3.48. The van der Waals surface area contributed by atoms with Crippen molar-refractivity contribution in [1.29, 1.82) is 0 Å². The number of H-pyrrole nitrogens is 1. The minimum absolute atomic E-state index is 0.0355. The fourth-order valence-corrected chi connectivity index (χ4v) is 5.38. The minimum atomic E-state index is -0.345. The van der Waals surface area contributed by atoms with Crippen molar-refractivity contribution in [3.05, 3.63) is 35.5 Å². The smallest absolute Gasteiger partial charge is 0.246 e. The number of nitrogens with zero attached hydrogens (tertiary/aromatic N) is 2. The lowest BCUT2D eigenvalue weighted by Crippen LogP contribution is -2.67. The van der Waals surface area contributed by atoms with Crippen molar-refractivity contribution in [3.63, 3.8) is 0 Å². The first-order chi connectivity index (χ1) is 13.1. The highest BCUT2D eigenvalue weighted by Gasteiger charge is 2.52. The summed E-state index contributed by atoms with van der Waals surface area (Å²) in [5, 5.41) is 1.20. The topological polar surface area (TPSA) is 56.4 Å². The van der Waals surface area contributed by atoms with E-state index in [0.717, 1.165) is 43.4 Å². The Bertz CT molecular complexity index is 915. The molecule has 27 heavy (non-hydrogen) atoms. The van der Waals surface area contributed by atoms with Crippen molar-refractivity contribution in [1.82, 2.24) is 14.8 Å². The zero-order valence-corrected chi connectivity index (χ0v) is 16.1. The standard InChI is InChI=1S/C22H27N3O2/c1-13(2)11-18-20-15(14-7-3-4-8-16(14)23-20)12-19-21(26)24-10-6-5-9-17(24)22(27)25(18)19/h3-4,7-8,13,17-19,23H,5-6,9-12H2,1-2H3/t17-,18-,19-/m0/s1. The van der Waals surface area contributed by atoms with E-state index in [9.17, 15) is 9.59 Å². The minimum Gasteiger partial charge on any atom is -0.356 e. The molecule has 5 rings (SSSR count). The Hall–Kier alpha value is -2.30. The SMILES string of the molecule is CC(C)C[C@H]1c2[nH]c3ccccc3c2C[C@H]2C(=O)N3CCCC[C@H]3C(=O)N21. The first-order valence-electron chi connectivity index (χ1n) is 10.3. The molecular weight excluding hydrogens is 338 g/mol. The summed E-state index contributed by atoms with van der Waals surface area (Å²) in [5.74, 6) is 0.763. The molecule has 2 aromatic rings. The summed E-state index contributed by atoms with van der Waals surface area (Å²) in [6, 6.07) is 7.68. The Morgan fingerprint density at radius 2 is 1.93 bits per heavy atom. The zero-order valence-electron chi connectivity index (χ0n) is 16.1. The number of piperidine rings is 1. The maximum absolute atomic E-state index is 13.5. The van der Waals surface area contributed by atoms with Crippen LogP contribution in [-0.2, 0) is 16.0 Å². The number of rotatable bonds is 2. The van der Waals surface area contributed by atoms with Gasteiger partial charge in [-0.15, -0.1) is 0 Å². The van der Waals surface area contributed by atoms with Gasteiger partial charge >= 0.3 is 0 Å². The van der Waals surface area contributed by atoms with Gasteiger partial charge in [0, 0.05) is 29.6 Å². The van der Waals surface area contributed by atoms with E-state index in [4.69, 9.17) is 0 Å². The van der Waals surface area contributed by atoms with Crippen molar-refractivity contribution in [3.8, 4) is 0 Å². The largest absolute Gasteiger partial charge is 0.356 e. The van der Waals surface area contributed by atoms with Gasteiger partial charge in [-0.2, -0.15) is 0 Å².